The number of rotatable bonds is 6. The predicted molar refractivity (Wildman–Crippen MR) is 137 cm³/mol. The number of aromatic nitrogens is 1. The molecular weight excluding hydrogens is 444 g/mol. The van der Waals surface area contributed by atoms with Crippen molar-refractivity contribution < 1.29 is 23.8 Å². The molecule has 0 aliphatic carbocycles. The first-order valence-corrected chi connectivity index (χ1v) is 11.7. The maximum Gasteiger partial charge on any atom is 0.355 e. The van der Waals surface area contributed by atoms with Crippen molar-refractivity contribution in [1.29, 1.82) is 0 Å². The van der Waals surface area contributed by atoms with E-state index in [0.717, 1.165) is 39.5 Å². The van der Waals surface area contributed by atoms with Crippen molar-refractivity contribution in [3.8, 4) is 5.75 Å². The lowest BCUT2D eigenvalue weighted by molar-refractivity contribution is -0.143. The molecular formula is C28H36N2O5. The highest BCUT2D eigenvalue weighted by Crippen LogP contribution is 2.43. The van der Waals surface area contributed by atoms with Gasteiger partial charge in [-0.1, -0.05) is 26.0 Å². The van der Waals surface area contributed by atoms with Gasteiger partial charge in [0.1, 0.15) is 17.0 Å². The van der Waals surface area contributed by atoms with Crippen molar-refractivity contribution in [3.05, 3.63) is 58.0 Å². The van der Waals surface area contributed by atoms with Crippen LogP contribution in [0.25, 0.3) is 6.08 Å². The fourth-order valence-electron chi connectivity index (χ4n) is 4.07. The number of ether oxygens (including phenoxy) is 3. The summed E-state index contributed by atoms with van der Waals surface area (Å²) in [5.74, 6) is -0.0309. The first kappa shape index (κ1) is 26.3. The van der Waals surface area contributed by atoms with E-state index in [1.165, 1.54) is 6.92 Å². The third-order valence-electron chi connectivity index (χ3n) is 6.07. The molecule has 35 heavy (non-hydrogen) atoms. The number of carbonyl (C=O) groups is 2. The minimum absolute atomic E-state index is 0.294. The second-order valence-corrected chi connectivity index (χ2v) is 10.6. The number of nitrogens with zero attached hydrogens (tertiary/aromatic N) is 1. The van der Waals surface area contributed by atoms with Gasteiger partial charge in [-0.25, -0.2) is 4.79 Å². The summed E-state index contributed by atoms with van der Waals surface area (Å²) in [5, 5.41) is 0. The Labute approximate surface area is 207 Å². The summed E-state index contributed by atoms with van der Waals surface area (Å²) in [4.78, 5) is 32.8. The van der Waals surface area contributed by atoms with Gasteiger partial charge >= 0.3 is 11.9 Å². The van der Waals surface area contributed by atoms with Gasteiger partial charge < -0.3 is 19.2 Å². The minimum atomic E-state index is -0.590. The monoisotopic (exact) mass is 480 g/mol. The molecule has 188 valence electrons. The van der Waals surface area contributed by atoms with E-state index >= 15 is 0 Å². The molecule has 0 saturated heterocycles. The van der Waals surface area contributed by atoms with Gasteiger partial charge in [-0.2, -0.15) is 0 Å². The number of hydrogen-bond donors (Lipinski definition) is 1. The van der Waals surface area contributed by atoms with Crippen LogP contribution in [0.2, 0.25) is 0 Å². The smallest absolute Gasteiger partial charge is 0.355 e. The van der Waals surface area contributed by atoms with Crippen LogP contribution in [0.15, 0.2) is 35.0 Å². The van der Waals surface area contributed by atoms with Gasteiger partial charge in [0.15, 0.2) is 6.10 Å². The van der Waals surface area contributed by atoms with Gasteiger partial charge in [-0.15, -0.1) is 0 Å². The molecule has 0 fully saturated rings. The van der Waals surface area contributed by atoms with Crippen LogP contribution < -0.4 is 4.74 Å². The predicted octanol–water partition coefficient (Wildman–Crippen LogP) is 6.11. The molecule has 0 amide bonds. The summed E-state index contributed by atoms with van der Waals surface area (Å²) in [5.41, 5.74) is 4.64. The van der Waals surface area contributed by atoms with Gasteiger partial charge in [-0.05, 0) is 69.5 Å². The number of hydrogen-bond acceptors (Lipinski definition) is 6. The number of nitrogens with one attached hydrogen (secondary N) is 1. The molecule has 1 unspecified atom stereocenters. The van der Waals surface area contributed by atoms with Gasteiger partial charge in [0.25, 0.3) is 0 Å². The van der Waals surface area contributed by atoms with Gasteiger partial charge in [0.2, 0.25) is 0 Å². The largest absolute Gasteiger partial charge is 0.497 e. The lowest BCUT2D eigenvalue weighted by Crippen LogP contribution is -2.24. The van der Waals surface area contributed by atoms with E-state index in [-0.39, 0.29) is 17.4 Å². The molecule has 2 aromatic rings. The van der Waals surface area contributed by atoms with Crippen LogP contribution in [0.3, 0.4) is 0 Å². The van der Waals surface area contributed by atoms with Gasteiger partial charge in [0.05, 0.1) is 12.8 Å². The summed E-state index contributed by atoms with van der Waals surface area (Å²) in [6, 6.07) is 7.45. The Morgan fingerprint density at radius 3 is 2.29 bits per heavy atom. The van der Waals surface area contributed by atoms with E-state index in [4.69, 9.17) is 19.2 Å². The van der Waals surface area contributed by atoms with Gasteiger partial charge in [0, 0.05) is 30.2 Å². The molecule has 0 bridgehead atoms. The van der Waals surface area contributed by atoms with Crippen molar-refractivity contribution in [2.45, 2.75) is 73.5 Å². The summed E-state index contributed by atoms with van der Waals surface area (Å²) >= 11 is 0. The van der Waals surface area contributed by atoms with E-state index in [1.54, 1.807) is 7.11 Å². The average molecular weight is 481 g/mol. The number of allylic oxidation sites excluding steroid dienone is 1. The molecule has 0 radical (unpaired) electrons. The quantitative estimate of drug-likeness (QED) is 0.504. The fourth-order valence-corrected chi connectivity index (χ4v) is 4.07. The number of esters is 2. The fraction of sp³-hybridized carbons (Fsp3) is 0.464. The second kappa shape index (κ2) is 9.72. The number of aromatic amines is 1. The molecule has 1 aliphatic rings. The SMILES string of the molecule is COc1ccc(C(OC(C)=O)C2=N/C(=C/c3[nH]c(C(=O)OC(C)(C)C)c(C)c3C)C(C)(C)C2)cc1. The van der Waals surface area contributed by atoms with Crippen LogP contribution in [0, 0.1) is 19.3 Å². The number of carbonyl (C=O) groups excluding carboxylic acids is 2. The molecule has 0 saturated carbocycles. The molecule has 3 rings (SSSR count). The van der Waals surface area contributed by atoms with Crippen molar-refractivity contribution in [3.63, 3.8) is 0 Å². The maximum atomic E-state index is 12.7. The Hall–Kier alpha value is -3.35. The van der Waals surface area contributed by atoms with Crippen LogP contribution >= 0.6 is 0 Å². The highest BCUT2D eigenvalue weighted by atomic mass is 16.6. The molecule has 2 heterocycles. The average Bonchev–Trinajstić information content (AvgIpc) is 3.21. The third kappa shape index (κ3) is 6.02. The Bertz CT molecular complexity index is 1180. The maximum absolute atomic E-state index is 12.7. The normalized spacial score (nSPS) is 17.2. The van der Waals surface area contributed by atoms with Gasteiger partial charge in [-0.3, -0.25) is 9.79 Å². The Morgan fingerprint density at radius 1 is 1.11 bits per heavy atom. The Kier molecular flexibility index (Phi) is 7.29. The summed E-state index contributed by atoms with van der Waals surface area (Å²) in [6.45, 7) is 15.0. The highest BCUT2D eigenvalue weighted by molar-refractivity contribution is 5.96. The van der Waals surface area contributed by atoms with E-state index in [9.17, 15) is 9.59 Å². The minimum Gasteiger partial charge on any atom is -0.497 e. The van der Waals surface area contributed by atoms with E-state index in [0.29, 0.717) is 12.1 Å². The molecule has 1 aliphatic heterocycles. The van der Waals surface area contributed by atoms with Crippen LogP contribution in [-0.4, -0.2) is 35.3 Å². The van der Waals surface area contributed by atoms with Crippen molar-refractivity contribution in [2.24, 2.45) is 10.4 Å². The van der Waals surface area contributed by atoms with Crippen molar-refractivity contribution >= 4 is 23.7 Å². The number of aliphatic imine (C=N–C) groups is 1. The van der Waals surface area contributed by atoms with Crippen LogP contribution in [-0.2, 0) is 14.3 Å². The van der Waals surface area contributed by atoms with Crippen LogP contribution in [0.1, 0.15) is 86.9 Å². The summed E-state index contributed by atoms with van der Waals surface area (Å²) in [7, 11) is 1.61. The highest BCUT2D eigenvalue weighted by Gasteiger charge is 2.37. The molecule has 7 heteroatoms. The number of methoxy groups -OCH3 is 1. The summed E-state index contributed by atoms with van der Waals surface area (Å²) in [6.07, 6.45) is 2.01. The molecule has 1 aromatic heterocycles. The topological polar surface area (TPSA) is 90.0 Å². The van der Waals surface area contributed by atoms with Crippen LogP contribution in [0.5, 0.6) is 5.75 Å². The zero-order valence-electron chi connectivity index (χ0n) is 22.2. The zero-order valence-corrected chi connectivity index (χ0v) is 22.2. The molecule has 1 atom stereocenters. The molecule has 1 aromatic carbocycles. The first-order chi connectivity index (χ1) is 16.2. The first-order valence-electron chi connectivity index (χ1n) is 11.7. The Balaban J connectivity index is 2.00. The Morgan fingerprint density at radius 2 is 1.74 bits per heavy atom. The zero-order chi connectivity index (χ0) is 26.1. The molecule has 1 N–H and O–H groups in total. The lowest BCUT2D eigenvalue weighted by atomic mass is 9.84. The second-order valence-electron chi connectivity index (χ2n) is 10.6. The third-order valence-corrected chi connectivity index (χ3v) is 6.07. The summed E-state index contributed by atoms with van der Waals surface area (Å²) < 4.78 is 16.5. The molecule has 7 nitrogen and oxygen atoms in total. The number of H-pyrrole nitrogens is 1. The van der Waals surface area contributed by atoms with E-state index in [2.05, 4.69) is 18.8 Å². The number of benzene rings is 1. The van der Waals surface area contributed by atoms with E-state index < -0.39 is 11.7 Å². The molecule has 0 spiro atoms. The van der Waals surface area contributed by atoms with Crippen molar-refractivity contribution in [1.82, 2.24) is 4.98 Å². The lowest BCUT2D eigenvalue weighted by Gasteiger charge is -2.21. The van der Waals surface area contributed by atoms with Crippen LogP contribution in [0.4, 0.5) is 0 Å². The van der Waals surface area contributed by atoms with E-state index in [1.807, 2.05) is 65.0 Å². The van der Waals surface area contributed by atoms with Crippen molar-refractivity contribution in [2.75, 3.05) is 7.11 Å². The standard InChI is InChI=1S/C28H36N2O5/c1-16-17(2)24(26(32)35-27(4,5)6)30-21(16)14-23-28(7,8)15-22(29-23)25(34-18(3)31)19-10-12-20(33-9)13-11-19/h10-14,25,30H,15H2,1-9H3/b23-14+.